The molecule has 0 radical (unpaired) electrons. The fraction of sp³-hybridized carbons (Fsp3) is 0.188. The lowest BCUT2D eigenvalue weighted by molar-refractivity contribution is -0.385. The van der Waals surface area contributed by atoms with Crippen LogP contribution in [-0.2, 0) is 6.54 Å². The standard InChI is InChI=1S/C16H16N4O3/c1-11-4-3-5-16-18-13(10-19(11)16)9-17-12-6-7-14(20(21)22)15(8-12)23-2/h3-8,10,17H,9H2,1-2H3. The Morgan fingerprint density at radius 1 is 1.35 bits per heavy atom. The van der Waals surface area contributed by atoms with E-state index in [1.54, 1.807) is 12.1 Å². The van der Waals surface area contributed by atoms with Gasteiger partial charge in [0.1, 0.15) is 5.65 Å². The highest BCUT2D eigenvalue weighted by Crippen LogP contribution is 2.29. The second-order valence-corrected chi connectivity index (χ2v) is 5.12. The van der Waals surface area contributed by atoms with Gasteiger partial charge < -0.3 is 14.5 Å². The second kappa shape index (κ2) is 5.96. The maximum absolute atomic E-state index is 10.9. The van der Waals surface area contributed by atoms with E-state index in [0.29, 0.717) is 6.54 Å². The van der Waals surface area contributed by atoms with Crippen LogP contribution in [-0.4, -0.2) is 21.4 Å². The number of pyridine rings is 1. The number of benzene rings is 1. The molecule has 23 heavy (non-hydrogen) atoms. The first kappa shape index (κ1) is 14.8. The summed E-state index contributed by atoms with van der Waals surface area (Å²) in [6.07, 6.45) is 1.97. The van der Waals surface area contributed by atoms with Gasteiger partial charge in [-0.15, -0.1) is 0 Å². The number of aryl methyl sites for hydroxylation is 1. The molecular weight excluding hydrogens is 296 g/mol. The number of anilines is 1. The van der Waals surface area contributed by atoms with Crippen molar-refractivity contribution >= 4 is 17.0 Å². The minimum absolute atomic E-state index is 0.0543. The molecule has 1 N–H and O–H groups in total. The van der Waals surface area contributed by atoms with Crippen LogP contribution < -0.4 is 10.1 Å². The SMILES string of the molecule is COc1cc(NCc2cn3c(C)cccc3n2)ccc1[N+](=O)[O-]. The molecule has 0 unspecified atom stereocenters. The lowest BCUT2D eigenvalue weighted by atomic mass is 10.2. The van der Waals surface area contributed by atoms with Crippen LogP contribution in [0.5, 0.6) is 5.75 Å². The van der Waals surface area contributed by atoms with Crippen LogP contribution in [0.3, 0.4) is 0 Å². The highest BCUT2D eigenvalue weighted by molar-refractivity contribution is 5.58. The Hall–Kier alpha value is -3.09. The van der Waals surface area contributed by atoms with E-state index in [1.165, 1.54) is 13.2 Å². The molecule has 0 fully saturated rings. The van der Waals surface area contributed by atoms with Crippen LogP contribution in [0.15, 0.2) is 42.6 Å². The Morgan fingerprint density at radius 3 is 2.87 bits per heavy atom. The molecule has 2 heterocycles. The molecule has 0 aliphatic rings. The van der Waals surface area contributed by atoms with Crippen molar-refractivity contribution in [3.63, 3.8) is 0 Å². The summed E-state index contributed by atoms with van der Waals surface area (Å²) in [5.41, 5.74) is 3.57. The smallest absolute Gasteiger partial charge is 0.311 e. The van der Waals surface area contributed by atoms with Gasteiger partial charge in [-0.1, -0.05) is 6.07 Å². The van der Waals surface area contributed by atoms with Gasteiger partial charge in [0.2, 0.25) is 0 Å². The van der Waals surface area contributed by atoms with Gasteiger partial charge in [-0.05, 0) is 25.1 Å². The summed E-state index contributed by atoms with van der Waals surface area (Å²) >= 11 is 0. The van der Waals surface area contributed by atoms with E-state index in [0.717, 1.165) is 22.7 Å². The van der Waals surface area contributed by atoms with E-state index >= 15 is 0 Å². The largest absolute Gasteiger partial charge is 0.490 e. The summed E-state index contributed by atoms with van der Waals surface area (Å²) in [4.78, 5) is 15.0. The van der Waals surface area contributed by atoms with E-state index < -0.39 is 4.92 Å². The first-order valence-corrected chi connectivity index (χ1v) is 7.08. The van der Waals surface area contributed by atoms with Crippen molar-refractivity contribution in [3.8, 4) is 5.75 Å². The first-order valence-electron chi connectivity index (χ1n) is 7.08. The molecule has 7 nitrogen and oxygen atoms in total. The summed E-state index contributed by atoms with van der Waals surface area (Å²) in [6.45, 7) is 2.54. The Morgan fingerprint density at radius 2 is 2.17 bits per heavy atom. The van der Waals surface area contributed by atoms with Crippen molar-refractivity contribution in [2.75, 3.05) is 12.4 Å². The van der Waals surface area contributed by atoms with E-state index in [2.05, 4.69) is 10.3 Å². The zero-order chi connectivity index (χ0) is 16.4. The van der Waals surface area contributed by atoms with Gasteiger partial charge in [0, 0.05) is 29.7 Å². The molecule has 2 aromatic heterocycles. The molecule has 0 atom stereocenters. The summed E-state index contributed by atoms with van der Waals surface area (Å²) in [5.74, 6) is 0.228. The normalized spacial score (nSPS) is 10.7. The number of nitro groups is 1. The molecule has 1 aromatic carbocycles. The first-order chi connectivity index (χ1) is 11.1. The van der Waals surface area contributed by atoms with E-state index in [1.807, 2.05) is 35.7 Å². The highest BCUT2D eigenvalue weighted by Gasteiger charge is 2.14. The number of nitrogens with one attached hydrogen (secondary N) is 1. The van der Waals surface area contributed by atoms with Crippen molar-refractivity contribution in [2.24, 2.45) is 0 Å². The van der Waals surface area contributed by atoms with Crippen LogP contribution in [0.25, 0.3) is 5.65 Å². The summed E-state index contributed by atoms with van der Waals surface area (Å²) in [5, 5.41) is 14.1. The van der Waals surface area contributed by atoms with Gasteiger partial charge in [0.25, 0.3) is 0 Å². The number of hydrogen-bond acceptors (Lipinski definition) is 5. The van der Waals surface area contributed by atoms with Gasteiger partial charge >= 0.3 is 5.69 Å². The monoisotopic (exact) mass is 312 g/mol. The Kier molecular flexibility index (Phi) is 3.84. The number of hydrogen-bond donors (Lipinski definition) is 1. The predicted molar refractivity (Wildman–Crippen MR) is 86.9 cm³/mol. The van der Waals surface area contributed by atoms with Crippen molar-refractivity contribution in [1.29, 1.82) is 0 Å². The molecule has 3 rings (SSSR count). The maximum atomic E-state index is 10.9. The Balaban J connectivity index is 1.79. The third kappa shape index (κ3) is 2.94. The molecule has 7 heteroatoms. The number of rotatable bonds is 5. The average Bonchev–Trinajstić information content (AvgIpc) is 2.97. The number of ether oxygens (including phenoxy) is 1. The van der Waals surface area contributed by atoms with E-state index in [4.69, 9.17) is 4.74 Å². The fourth-order valence-corrected chi connectivity index (χ4v) is 2.42. The maximum Gasteiger partial charge on any atom is 0.311 e. The summed E-state index contributed by atoms with van der Waals surface area (Å²) in [6, 6.07) is 10.6. The van der Waals surface area contributed by atoms with Crippen molar-refractivity contribution in [1.82, 2.24) is 9.38 Å². The zero-order valence-electron chi connectivity index (χ0n) is 12.8. The molecule has 0 bridgehead atoms. The van der Waals surface area contributed by atoms with E-state index in [9.17, 15) is 10.1 Å². The highest BCUT2D eigenvalue weighted by atomic mass is 16.6. The minimum atomic E-state index is -0.465. The molecule has 0 saturated heterocycles. The van der Waals surface area contributed by atoms with Gasteiger partial charge in [-0.3, -0.25) is 10.1 Å². The average molecular weight is 312 g/mol. The number of nitrogens with zero attached hydrogens (tertiary/aromatic N) is 3. The molecule has 118 valence electrons. The van der Waals surface area contributed by atoms with Gasteiger partial charge in [0.15, 0.2) is 5.75 Å². The molecule has 0 aliphatic heterocycles. The number of methoxy groups -OCH3 is 1. The van der Waals surface area contributed by atoms with Crippen molar-refractivity contribution < 1.29 is 9.66 Å². The molecule has 0 spiro atoms. The number of aromatic nitrogens is 2. The third-order valence-corrected chi connectivity index (χ3v) is 3.60. The van der Waals surface area contributed by atoms with Gasteiger partial charge in [-0.25, -0.2) is 4.98 Å². The minimum Gasteiger partial charge on any atom is -0.490 e. The van der Waals surface area contributed by atoms with Gasteiger partial charge in [-0.2, -0.15) is 0 Å². The third-order valence-electron chi connectivity index (χ3n) is 3.60. The topological polar surface area (TPSA) is 81.7 Å². The summed E-state index contributed by atoms with van der Waals surface area (Å²) in [7, 11) is 1.41. The van der Waals surface area contributed by atoms with Crippen LogP contribution in [0, 0.1) is 17.0 Å². The molecule has 0 aliphatic carbocycles. The molecular formula is C16H16N4O3. The molecule has 0 amide bonds. The van der Waals surface area contributed by atoms with Crippen LogP contribution >= 0.6 is 0 Å². The van der Waals surface area contributed by atoms with Crippen LogP contribution in [0.4, 0.5) is 11.4 Å². The van der Waals surface area contributed by atoms with Crippen molar-refractivity contribution in [2.45, 2.75) is 13.5 Å². The predicted octanol–water partition coefficient (Wildman–Crippen LogP) is 3.17. The lowest BCUT2D eigenvalue weighted by Crippen LogP contribution is -2.01. The van der Waals surface area contributed by atoms with Crippen molar-refractivity contribution in [3.05, 3.63) is 64.1 Å². The quantitative estimate of drug-likeness (QED) is 0.578. The lowest BCUT2D eigenvalue weighted by Gasteiger charge is -2.07. The zero-order valence-corrected chi connectivity index (χ0v) is 12.8. The van der Waals surface area contributed by atoms with Gasteiger partial charge in [0.05, 0.1) is 24.3 Å². The van der Waals surface area contributed by atoms with Crippen LogP contribution in [0.1, 0.15) is 11.4 Å². The Labute approximate surface area is 132 Å². The van der Waals surface area contributed by atoms with E-state index in [-0.39, 0.29) is 11.4 Å². The Bertz CT molecular complexity index is 873. The second-order valence-electron chi connectivity index (χ2n) is 5.12. The number of imidazole rings is 1. The number of fused-ring (bicyclic) bond motifs is 1. The number of nitro benzene ring substituents is 1. The summed E-state index contributed by atoms with van der Waals surface area (Å²) < 4.78 is 7.08. The molecule has 0 saturated carbocycles. The molecule has 3 aromatic rings. The van der Waals surface area contributed by atoms with Crippen LogP contribution in [0.2, 0.25) is 0 Å². The fourth-order valence-electron chi connectivity index (χ4n) is 2.42.